The highest BCUT2D eigenvalue weighted by Crippen LogP contribution is 2.30. The van der Waals surface area contributed by atoms with Crippen LogP contribution in [0.15, 0.2) is 61.2 Å². The summed E-state index contributed by atoms with van der Waals surface area (Å²) >= 11 is 0. The van der Waals surface area contributed by atoms with E-state index in [9.17, 15) is 0 Å². The van der Waals surface area contributed by atoms with E-state index in [2.05, 4.69) is 44.7 Å². The summed E-state index contributed by atoms with van der Waals surface area (Å²) < 4.78 is 8.25. The summed E-state index contributed by atoms with van der Waals surface area (Å²) in [5, 5.41) is 0. The minimum Gasteiger partial charge on any atom is -0.375 e. The molecule has 1 atom stereocenters. The van der Waals surface area contributed by atoms with Gasteiger partial charge in [0.25, 0.3) is 0 Å². The molecule has 3 heterocycles. The van der Waals surface area contributed by atoms with Crippen LogP contribution in [-0.2, 0) is 31.4 Å². The zero-order valence-corrected chi connectivity index (χ0v) is 15.1. The van der Waals surface area contributed by atoms with Gasteiger partial charge in [-0.15, -0.1) is 0 Å². The van der Waals surface area contributed by atoms with Gasteiger partial charge in [0, 0.05) is 39.0 Å². The normalized spacial score (nSPS) is 17.2. The second-order valence-corrected chi connectivity index (χ2v) is 6.79. The summed E-state index contributed by atoms with van der Waals surface area (Å²) in [6.45, 7) is 3.14. The van der Waals surface area contributed by atoms with Crippen molar-refractivity contribution >= 4 is 0 Å². The Hall–Kier alpha value is -2.50. The molecule has 0 fully saturated rings. The molecule has 0 saturated heterocycles. The van der Waals surface area contributed by atoms with Gasteiger partial charge < -0.3 is 9.30 Å². The number of aromatic nitrogens is 3. The number of aryl methyl sites for hydroxylation is 1. The summed E-state index contributed by atoms with van der Waals surface area (Å²) in [5.41, 5.74) is 4.90. The van der Waals surface area contributed by atoms with Crippen LogP contribution < -0.4 is 0 Å². The molecule has 3 aromatic rings. The number of imidazole rings is 1. The van der Waals surface area contributed by atoms with Gasteiger partial charge in [0.2, 0.25) is 0 Å². The Balaban J connectivity index is 1.50. The van der Waals surface area contributed by atoms with E-state index in [1.165, 1.54) is 22.5 Å². The lowest BCUT2D eigenvalue weighted by molar-refractivity contribution is 0.0377. The SMILES string of the molecule is Cn1cnc2c1[C@@H](COCc1ccccc1)N(Cc1cccnc1)CC2. The van der Waals surface area contributed by atoms with Gasteiger partial charge >= 0.3 is 0 Å². The lowest BCUT2D eigenvalue weighted by Crippen LogP contribution is -2.38. The van der Waals surface area contributed by atoms with Crippen LogP contribution in [0, 0.1) is 0 Å². The molecule has 0 unspecified atom stereocenters. The van der Waals surface area contributed by atoms with Crippen molar-refractivity contribution in [3.63, 3.8) is 0 Å². The lowest BCUT2D eigenvalue weighted by Gasteiger charge is -2.35. The minimum absolute atomic E-state index is 0.204. The molecule has 0 N–H and O–H groups in total. The van der Waals surface area contributed by atoms with E-state index in [0.29, 0.717) is 13.2 Å². The van der Waals surface area contributed by atoms with Crippen molar-refractivity contribution < 1.29 is 4.74 Å². The molecule has 0 amide bonds. The molecular formula is C21H24N4O. The van der Waals surface area contributed by atoms with E-state index in [0.717, 1.165) is 19.5 Å². The first-order chi connectivity index (χ1) is 12.8. The minimum atomic E-state index is 0.204. The van der Waals surface area contributed by atoms with Crippen molar-refractivity contribution in [2.75, 3.05) is 13.2 Å². The first kappa shape index (κ1) is 16.9. The van der Waals surface area contributed by atoms with Gasteiger partial charge in [0.15, 0.2) is 0 Å². The molecule has 1 aliphatic rings. The van der Waals surface area contributed by atoms with Crippen molar-refractivity contribution in [1.82, 2.24) is 19.4 Å². The molecule has 26 heavy (non-hydrogen) atoms. The average Bonchev–Trinajstić information content (AvgIpc) is 3.06. The largest absolute Gasteiger partial charge is 0.375 e. The maximum absolute atomic E-state index is 6.11. The van der Waals surface area contributed by atoms with Crippen LogP contribution in [0.4, 0.5) is 0 Å². The highest BCUT2D eigenvalue weighted by molar-refractivity contribution is 5.22. The summed E-state index contributed by atoms with van der Waals surface area (Å²) in [5.74, 6) is 0. The zero-order chi connectivity index (χ0) is 17.8. The fourth-order valence-electron chi connectivity index (χ4n) is 3.65. The van der Waals surface area contributed by atoms with Crippen LogP contribution in [-0.4, -0.2) is 32.6 Å². The summed E-state index contributed by atoms with van der Waals surface area (Å²) in [4.78, 5) is 11.3. The quantitative estimate of drug-likeness (QED) is 0.686. The topological polar surface area (TPSA) is 43.2 Å². The number of nitrogens with zero attached hydrogens (tertiary/aromatic N) is 4. The van der Waals surface area contributed by atoms with Crippen LogP contribution in [0.5, 0.6) is 0 Å². The van der Waals surface area contributed by atoms with Gasteiger partial charge in [-0.2, -0.15) is 0 Å². The molecule has 1 aromatic carbocycles. The van der Waals surface area contributed by atoms with Gasteiger partial charge in [-0.25, -0.2) is 4.98 Å². The highest BCUT2D eigenvalue weighted by atomic mass is 16.5. The van der Waals surface area contributed by atoms with Crippen LogP contribution in [0.25, 0.3) is 0 Å². The maximum atomic E-state index is 6.11. The van der Waals surface area contributed by atoms with Crippen molar-refractivity contribution in [1.29, 1.82) is 0 Å². The van der Waals surface area contributed by atoms with E-state index in [-0.39, 0.29) is 6.04 Å². The van der Waals surface area contributed by atoms with Crippen molar-refractivity contribution in [3.8, 4) is 0 Å². The molecule has 1 aliphatic heterocycles. The van der Waals surface area contributed by atoms with Crippen molar-refractivity contribution in [2.24, 2.45) is 7.05 Å². The summed E-state index contributed by atoms with van der Waals surface area (Å²) in [6, 6.07) is 14.7. The van der Waals surface area contributed by atoms with Gasteiger partial charge in [-0.05, 0) is 17.2 Å². The Bertz CT molecular complexity index is 832. The Kier molecular flexibility index (Phi) is 5.09. The molecular weight excluding hydrogens is 324 g/mol. The predicted octanol–water partition coefficient (Wildman–Crippen LogP) is 3.13. The second kappa shape index (κ2) is 7.81. The van der Waals surface area contributed by atoms with Gasteiger partial charge in [0.05, 0.1) is 37.0 Å². The number of fused-ring (bicyclic) bond motifs is 1. The smallest absolute Gasteiger partial charge is 0.0949 e. The number of benzene rings is 1. The maximum Gasteiger partial charge on any atom is 0.0949 e. The number of ether oxygens (including phenoxy) is 1. The van der Waals surface area contributed by atoms with Gasteiger partial charge in [-0.1, -0.05) is 36.4 Å². The first-order valence-corrected chi connectivity index (χ1v) is 9.06. The van der Waals surface area contributed by atoms with Gasteiger partial charge in [-0.3, -0.25) is 9.88 Å². The van der Waals surface area contributed by atoms with E-state index in [4.69, 9.17) is 4.74 Å². The Morgan fingerprint density at radius 3 is 2.77 bits per heavy atom. The number of hydrogen-bond acceptors (Lipinski definition) is 4. The molecule has 0 saturated carbocycles. The van der Waals surface area contributed by atoms with Crippen LogP contribution >= 0.6 is 0 Å². The Morgan fingerprint density at radius 2 is 1.96 bits per heavy atom. The average molecular weight is 348 g/mol. The fourth-order valence-corrected chi connectivity index (χ4v) is 3.65. The van der Waals surface area contributed by atoms with E-state index >= 15 is 0 Å². The predicted molar refractivity (Wildman–Crippen MR) is 100 cm³/mol. The lowest BCUT2D eigenvalue weighted by atomic mass is 10.0. The highest BCUT2D eigenvalue weighted by Gasteiger charge is 2.31. The monoisotopic (exact) mass is 348 g/mol. The third kappa shape index (κ3) is 3.69. The number of pyridine rings is 1. The van der Waals surface area contributed by atoms with Crippen LogP contribution in [0.3, 0.4) is 0 Å². The number of rotatable bonds is 6. The van der Waals surface area contributed by atoms with Crippen molar-refractivity contribution in [2.45, 2.75) is 25.6 Å². The van der Waals surface area contributed by atoms with Crippen molar-refractivity contribution in [3.05, 3.63) is 83.7 Å². The van der Waals surface area contributed by atoms with Gasteiger partial charge in [0.1, 0.15) is 0 Å². The molecule has 5 heteroatoms. The number of hydrogen-bond donors (Lipinski definition) is 0. The standard InChI is InChI=1S/C21H24N4O/c1-24-16-23-19-9-11-25(13-18-8-5-10-22-12-18)20(21(19)24)15-26-14-17-6-3-2-4-7-17/h2-8,10,12,16,20H,9,11,13-15H2,1H3/t20-/m1/s1. The Morgan fingerprint density at radius 1 is 1.12 bits per heavy atom. The van der Waals surface area contributed by atoms with E-state index < -0.39 is 0 Å². The summed E-state index contributed by atoms with van der Waals surface area (Å²) in [7, 11) is 2.07. The first-order valence-electron chi connectivity index (χ1n) is 9.06. The third-order valence-corrected chi connectivity index (χ3v) is 4.95. The van der Waals surface area contributed by atoms with Crippen LogP contribution in [0.1, 0.15) is 28.6 Å². The zero-order valence-electron chi connectivity index (χ0n) is 15.1. The second-order valence-electron chi connectivity index (χ2n) is 6.79. The fraction of sp³-hybridized carbons (Fsp3) is 0.333. The molecule has 2 aromatic heterocycles. The summed E-state index contributed by atoms with van der Waals surface area (Å²) in [6.07, 6.45) is 6.66. The van der Waals surface area contributed by atoms with E-state index in [1.807, 2.05) is 43.0 Å². The third-order valence-electron chi connectivity index (χ3n) is 4.95. The molecule has 0 bridgehead atoms. The Labute approximate surface area is 154 Å². The molecule has 4 rings (SSSR count). The molecule has 5 nitrogen and oxygen atoms in total. The molecule has 134 valence electrons. The molecule has 0 radical (unpaired) electrons. The van der Waals surface area contributed by atoms with E-state index in [1.54, 1.807) is 0 Å². The van der Waals surface area contributed by atoms with Crippen LogP contribution in [0.2, 0.25) is 0 Å². The molecule has 0 spiro atoms. The molecule has 0 aliphatic carbocycles.